The van der Waals surface area contributed by atoms with Crippen LogP contribution in [0.4, 0.5) is 0 Å². The summed E-state index contributed by atoms with van der Waals surface area (Å²) in [5.41, 5.74) is 0.497. The fourth-order valence-electron chi connectivity index (χ4n) is 3.21. The molecular formula is C17H24N2O3. The van der Waals surface area contributed by atoms with Crippen molar-refractivity contribution in [2.45, 2.75) is 50.9 Å². The average Bonchev–Trinajstić information content (AvgIpc) is 3.02. The average molecular weight is 304 g/mol. The van der Waals surface area contributed by atoms with Crippen LogP contribution in [0.25, 0.3) is 0 Å². The molecule has 0 N–H and O–H groups in total. The maximum absolute atomic E-state index is 12.6. The van der Waals surface area contributed by atoms with E-state index < -0.39 is 5.60 Å². The van der Waals surface area contributed by atoms with Crippen LogP contribution in [-0.2, 0) is 20.9 Å². The summed E-state index contributed by atoms with van der Waals surface area (Å²) in [5, 5.41) is 0. The van der Waals surface area contributed by atoms with Crippen molar-refractivity contribution in [3.63, 3.8) is 0 Å². The van der Waals surface area contributed by atoms with Crippen molar-refractivity contribution in [2.24, 2.45) is 0 Å². The summed E-state index contributed by atoms with van der Waals surface area (Å²) in [7, 11) is 0. The van der Waals surface area contributed by atoms with Gasteiger partial charge in [-0.2, -0.15) is 0 Å². The number of piperidine rings is 1. The maximum atomic E-state index is 12.6. The van der Waals surface area contributed by atoms with E-state index in [9.17, 15) is 4.79 Å². The summed E-state index contributed by atoms with van der Waals surface area (Å²) >= 11 is 0. The largest absolute Gasteiger partial charge is 0.373 e. The molecule has 2 aliphatic heterocycles. The van der Waals surface area contributed by atoms with Crippen LogP contribution in [0.2, 0.25) is 0 Å². The molecule has 0 saturated carbocycles. The van der Waals surface area contributed by atoms with E-state index in [0.29, 0.717) is 13.2 Å². The third kappa shape index (κ3) is 3.47. The molecule has 120 valence electrons. The van der Waals surface area contributed by atoms with Crippen LogP contribution in [-0.4, -0.2) is 47.2 Å². The minimum atomic E-state index is -0.594. The molecule has 1 amide bonds. The second-order valence-corrected chi connectivity index (χ2v) is 6.35. The number of hydrogen-bond acceptors (Lipinski definition) is 4. The standard InChI is InChI=1S/C17H24N2O3/c1-17(7-3-11-22-17)16(20)19-9-5-15(6-10-19)21-13-14-4-2-8-18-12-14/h2,4,8,12,15H,3,5-7,9-11,13H2,1H3/t17-/m1/s1. The SMILES string of the molecule is C[C@]1(C(=O)N2CCC(OCc3cccnc3)CC2)CCCO1. The van der Waals surface area contributed by atoms with Gasteiger partial charge in [0.05, 0.1) is 12.7 Å². The molecular weight excluding hydrogens is 280 g/mol. The summed E-state index contributed by atoms with van der Waals surface area (Å²) in [6.07, 6.45) is 7.41. The zero-order valence-electron chi connectivity index (χ0n) is 13.2. The predicted molar refractivity (Wildman–Crippen MR) is 82.2 cm³/mol. The van der Waals surface area contributed by atoms with Gasteiger partial charge in [-0.1, -0.05) is 6.07 Å². The van der Waals surface area contributed by atoms with Crippen molar-refractivity contribution in [1.82, 2.24) is 9.88 Å². The number of pyridine rings is 1. The van der Waals surface area contributed by atoms with E-state index in [0.717, 1.165) is 44.3 Å². The van der Waals surface area contributed by atoms with Gasteiger partial charge in [-0.15, -0.1) is 0 Å². The number of amides is 1. The van der Waals surface area contributed by atoms with Crippen molar-refractivity contribution in [3.8, 4) is 0 Å². The van der Waals surface area contributed by atoms with Gasteiger partial charge < -0.3 is 14.4 Å². The van der Waals surface area contributed by atoms with Crippen molar-refractivity contribution in [2.75, 3.05) is 19.7 Å². The van der Waals surface area contributed by atoms with Gasteiger partial charge in [0.25, 0.3) is 5.91 Å². The van der Waals surface area contributed by atoms with Gasteiger partial charge in [0.15, 0.2) is 0 Å². The van der Waals surface area contributed by atoms with Crippen LogP contribution >= 0.6 is 0 Å². The van der Waals surface area contributed by atoms with Crippen LogP contribution in [0.3, 0.4) is 0 Å². The van der Waals surface area contributed by atoms with Gasteiger partial charge in [-0.25, -0.2) is 0 Å². The molecule has 0 bridgehead atoms. The summed E-state index contributed by atoms with van der Waals surface area (Å²) in [4.78, 5) is 18.6. The Balaban J connectivity index is 1.45. The number of nitrogens with zero attached hydrogens (tertiary/aromatic N) is 2. The Morgan fingerprint density at radius 1 is 1.50 bits per heavy atom. The lowest BCUT2D eigenvalue weighted by Crippen LogP contribution is -2.50. The number of hydrogen-bond donors (Lipinski definition) is 0. The number of ether oxygens (including phenoxy) is 2. The van der Waals surface area contributed by atoms with Crippen LogP contribution < -0.4 is 0 Å². The van der Waals surface area contributed by atoms with Gasteiger partial charge in [0.1, 0.15) is 5.60 Å². The topological polar surface area (TPSA) is 51.7 Å². The number of rotatable bonds is 4. The first kappa shape index (κ1) is 15.4. The second-order valence-electron chi connectivity index (χ2n) is 6.35. The molecule has 3 heterocycles. The molecule has 5 heteroatoms. The van der Waals surface area contributed by atoms with Crippen molar-refractivity contribution in [1.29, 1.82) is 0 Å². The highest BCUT2D eigenvalue weighted by Crippen LogP contribution is 2.28. The minimum Gasteiger partial charge on any atom is -0.373 e. The normalized spacial score (nSPS) is 26.3. The molecule has 1 aromatic heterocycles. The molecule has 2 aliphatic rings. The molecule has 5 nitrogen and oxygen atoms in total. The molecule has 0 aromatic carbocycles. The Kier molecular flexibility index (Phi) is 4.74. The van der Waals surface area contributed by atoms with Crippen LogP contribution in [0.5, 0.6) is 0 Å². The smallest absolute Gasteiger partial charge is 0.254 e. The predicted octanol–water partition coefficient (Wildman–Crippen LogP) is 2.16. The third-order valence-electron chi connectivity index (χ3n) is 4.61. The zero-order valence-corrected chi connectivity index (χ0v) is 13.2. The Labute approximate surface area is 131 Å². The van der Waals surface area contributed by atoms with Crippen LogP contribution in [0, 0.1) is 0 Å². The van der Waals surface area contributed by atoms with E-state index in [-0.39, 0.29) is 12.0 Å². The lowest BCUT2D eigenvalue weighted by molar-refractivity contribution is -0.153. The highest BCUT2D eigenvalue weighted by Gasteiger charge is 2.41. The van der Waals surface area contributed by atoms with Gasteiger partial charge in [-0.3, -0.25) is 9.78 Å². The summed E-state index contributed by atoms with van der Waals surface area (Å²) in [6, 6.07) is 3.94. The molecule has 0 radical (unpaired) electrons. The van der Waals surface area contributed by atoms with Crippen molar-refractivity contribution in [3.05, 3.63) is 30.1 Å². The zero-order chi connectivity index (χ0) is 15.4. The van der Waals surface area contributed by atoms with E-state index in [1.807, 2.05) is 30.2 Å². The Morgan fingerprint density at radius 3 is 2.95 bits per heavy atom. The number of carbonyl (C=O) groups excluding carboxylic acids is 1. The van der Waals surface area contributed by atoms with E-state index >= 15 is 0 Å². The van der Waals surface area contributed by atoms with Gasteiger partial charge in [-0.05, 0) is 44.2 Å². The lowest BCUT2D eigenvalue weighted by Gasteiger charge is -2.36. The van der Waals surface area contributed by atoms with Crippen LogP contribution in [0.15, 0.2) is 24.5 Å². The first-order valence-corrected chi connectivity index (χ1v) is 8.11. The van der Waals surface area contributed by atoms with E-state index in [2.05, 4.69) is 4.98 Å². The van der Waals surface area contributed by atoms with Gasteiger partial charge in [0, 0.05) is 32.1 Å². The number of carbonyl (C=O) groups is 1. The third-order valence-corrected chi connectivity index (χ3v) is 4.61. The summed E-state index contributed by atoms with van der Waals surface area (Å²) < 4.78 is 11.6. The molecule has 2 fully saturated rings. The monoisotopic (exact) mass is 304 g/mol. The van der Waals surface area contributed by atoms with Gasteiger partial charge >= 0.3 is 0 Å². The number of likely N-dealkylation sites (tertiary alicyclic amines) is 1. The fourth-order valence-corrected chi connectivity index (χ4v) is 3.21. The highest BCUT2D eigenvalue weighted by atomic mass is 16.5. The summed E-state index contributed by atoms with van der Waals surface area (Å²) in [5.74, 6) is 0.149. The highest BCUT2D eigenvalue weighted by molar-refractivity contribution is 5.85. The summed E-state index contributed by atoms with van der Waals surface area (Å²) in [6.45, 7) is 4.73. The maximum Gasteiger partial charge on any atom is 0.254 e. The van der Waals surface area contributed by atoms with Gasteiger partial charge in [0.2, 0.25) is 0 Å². The first-order chi connectivity index (χ1) is 10.7. The molecule has 0 unspecified atom stereocenters. The van der Waals surface area contributed by atoms with E-state index in [1.54, 1.807) is 6.20 Å². The minimum absolute atomic E-state index is 0.149. The quantitative estimate of drug-likeness (QED) is 0.855. The molecule has 22 heavy (non-hydrogen) atoms. The van der Waals surface area contributed by atoms with Crippen molar-refractivity contribution >= 4 is 5.91 Å². The molecule has 0 aliphatic carbocycles. The fraction of sp³-hybridized carbons (Fsp3) is 0.647. The Bertz CT molecular complexity index is 492. The first-order valence-electron chi connectivity index (χ1n) is 8.11. The number of aromatic nitrogens is 1. The van der Waals surface area contributed by atoms with E-state index in [4.69, 9.17) is 9.47 Å². The molecule has 3 rings (SSSR count). The van der Waals surface area contributed by atoms with Crippen LogP contribution in [0.1, 0.15) is 38.2 Å². The van der Waals surface area contributed by atoms with Crippen molar-refractivity contribution < 1.29 is 14.3 Å². The second kappa shape index (κ2) is 6.75. The molecule has 0 spiro atoms. The Morgan fingerprint density at radius 2 is 2.32 bits per heavy atom. The Hall–Kier alpha value is -1.46. The lowest BCUT2D eigenvalue weighted by atomic mass is 9.98. The van der Waals surface area contributed by atoms with E-state index in [1.165, 1.54) is 0 Å². The molecule has 1 atom stereocenters. The molecule has 2 saturated heterocycles. The molecule has 1 aromatic rings.